The summed E-state index contributed by atoms with van der Waals surface area (Å²) in [5, 5.41) is 14.6. The lowest BCUT2D eigenvalue weighted by molar-refractivity contribution is 0.254. The molecule has 0 aliphatic carbocycles. The molecule has 2 heterocycles. The second-order valence-corrected chi connectivity index (χ2v) is 7.01. The smallest absolute Gasteiger partial charge is 0.258 e. The van der Waals surface area contributed by atoms with Crippen molar-refractivity contribution in [2.45, 2.75) is 19.4 Å². The summed E-state index contributed by atoms with van der Waals surface area (Å²) in [6.45, 7) is 2.45. The van der Waals surface area contributed by atoms with E-state index in [1.54, 1.807) is 18.2 Å². The first kappa shape index (κ1) is 19.4. The summed E-state index contributed by atoms with van der Waals surface area (Å²) in [6.07, 6.45) is 0.902. The number of fused-ring (bicyclic) bond motifs is 1. The predicted octanol–water partition coefficient (Wildman–Crippen LogP) is 4.58. The molecule has 0 aliphatic heterocycles. The van der Waals surface area contributed by atoms with E-state index in [9.17, 15) is 5.11 Å². The summed E-state index contributed by atoms with van der Waals surface area (Å²) in [5.74, 6) is 1.95. The predicted molar refractivity (Wildman–Crippen MR) is 110 cm³/mol. The van der Waals surface area contributed by atoms with Crippen molar-refractivity contribution in [3.63, 3.8) is 0 Å². The van der Waals surface area contributed by atoms with E-state index in [1.165, 1.54) is 0 Å². The average Bonchev–Trinajstić information content (AvgIpc) is 3.39. The molecule has 0 radical (unpaired) electrons. The monoisotopic (exact) mass is 413 g/mol. The van der Waals surface area contributed by atoms with Gasteiger partial charge < -0.3 is 24.5 Å². The molecule has 4 rings (SSSR count). The summed E-state index contributed by atoms with van der Waals surface area (Å²) >= 11 is 6.29. The van der Waals surface area contributed by atoms with Crippen LogP contribution in [0, 0.1) is 0 Å². The molecule has 150 valence electrons. The Kier molecular flexibility index (Phi) is 5.53. The Bertz CT molecular complexity index is 1140. The maximum Gasteiger partial charge on any atom is 0.258 e. The molecule has 0 fully saturated rings. The molecule has 29 heavy (non-hydrogen) atoms. The molecular formula is C21H20ClN3O4. The summed E-state index contributed by atoms with van der Waals surface area (Å²) in [6, 6.07) is 12.1. The number of ether oxygens (including phenoxy) is 1. The number of nitrogens with zero attached hydrogens (tertiary/aromatic N) is 2. The fraction of sp³-hybridized carbons (Fsp3) is 0.238. The van der Waals surface area contributed by atoms with Gasteiger partial charge in [-0.15, -0.1) is 0 Å². The number of halogens is 1. The SMILES string of the molecule is CCCOc1ccc(-c2nc(-c3ccc4oc(C(N)CO)cc4c3)no2)cc1Cl. The van der Waals surface area contributed by atoms with E-state index in [0.29, 0.717) is 46.0 Å². The van der Waals surface area contributed by atoms with Gasteiger partial charge in [-0.3, -0.25) is 0 Å². The zero-order valence-corrected chi connectivity index (χ0v) is 16.5. The van der Waals surface area contributed by atoms with Gasteiger partial charge in [0.15, 0.2) is 0 Å². The highest BCUT2D eigenvalue weighted by Crippen LogP contribution is 2.32. The Morgan fingerprint density at radius 3 is 2.76 bits per heavy atom. The maximum absolute atomic E-state index is 9.20. The molecule has 3 N–H and O–H groups in total. The topological polar surface area (TPSA) is 108 Å². The van der Waals surface area contributed by atoms with Gasteiger partial charge in [-0.1, -0.05) is 23.7 Å². The maximum atomic E-state index is 9.20. The normalized spacial score (nSPS) is 12.4. The third-order valence-electron chi connectivity index (χ3n) is 4.42. The van der Waals surface area contributed by atoms with Crippen LogP contribution >= 0.6 is 11.6 Å². The van der Waals surface area contributed by atoms with Crippen molar-refractivity contribution in [2.75, 3.05) is 13.2 Å². The van der Waals surface area contributed by atoms with Crippen molar-refractivity contribution >= 4 is 22.6 Å². The minimum Gasteiger partial charge on any atom is -0.492 e. The molecule has 2 aromatic heterocycles. The Hall–Kier alpha value is -2.87. The van der Waals surface area contributed by atoms with E-state index >= 15 is 0 Å². The molecule has 8 heteroatoms. The highest BCUT2D eigenvalue weighted by molar-refractivity contribution is 6.32. The minimum absolute atomic E-state index is 0.189. The van der Waals surface area contributed by atoms with Crippen molar-refractivity contribution in [3.8, 4) is 28.6 Å². The zero-order chi connectivity index (χ0) is 20.4. The van der Waals surface area contributed by atoms with Crippen molar-refractivity contribution < 1.29 is 18.8 Å². The van der Waals surface area contributed by atoms with E-state index in [1.807, 2.05) is 31.2 Å². The van der Waals surface area contributed by atoms with E-state index < -0.39 is 6.04 Å². The van der Waals surface area contributed by atoms with E-state index in [0.717, 1.165) is 17.4 Å². The van der Waals surface area contributed by atoms with Gasteiger partial charge >= 0.3 is 0 Å². The van der Waals surface area contributed by atoms with Crippen LogP contribution in [0.15, 0.2) is 51.4 Å². The van der Waals surface area contributed by atoms with Crippen LogP contribution in [-0.2, 0) is 0 Å². The number of furan rings is 1. The number of benzene rings is 2. The van der Waals surface area contributed by atoms with Crippen LogP contribution in [0.2, 0.25) is 5.02 Å². The Morgan fingerprint density at radius 1 is 1.17 bits per heavy atom. The molecule has 0 spiro atoms. The lowest BCUT2D eigenvalue weighted by Crippen LogP contribution is -2.13. The highest BCUT2D eigenvalue weighted by atomic mass is 35.5. The number of aliphatic hydroxyl groups excluding tert-OH is 1. The first-order chi connectivity index (χ1) is 14.1. The van der Waals surface area contributed by atoms with Crippen LogP contribution in [-0.4, -0.2) is 28.5 Å². The Balaban J connectivity index is 1.61. The largest absolute Gasteiger partial charge is 0.492 e. The third kappa shape index (κ3) is 3.98. The van der Waals surface area contributed by atoms with Crippen LogP contribution in [0.25, 0.3) is 33.8 Å². The second kappa shape index (κ2) is 8.24. The van der Waals surface area contributed by atoms with Crippen molar-refractivity contribution in [1.82, 2.24) is 10.1 Å². The molecule has 0 saturated heterocycles. The number of rotatable bonds is 7. The van der Waals surface area contributed by atoms with Gasteiger partial charge in [-0.05, 0) is 48.9 Å². The van der Waals surface area contributed by atoms with Crippen LogP contribution in [0.5, 0.6) is 5.75 Å². The van der Waals surface area contributed by atoms with Crippen molar-refractivity contribution in [3.05, 3.63) is 53.2 Å². The molecule has 1 unspecified atom stereocenters. The van der Waals surface area contributed by atoms with Gasteiger partial charge in [0.1, 0.15) is 17.1 Å². The minimum atomic E-state index is -0.559. The summed E-state index contributed by atoms with van der Waals surface area (Å²) in [7, 11) is 0. The summed E-state index contributed by atoms with van der Waals surface area (Å²) in [5.41, 5.74) is 7.97. The number of aromatic nitrogens is 2. The highest BCUT2D eigenvalue weighted by Gasteiger charge is 2.15. The first-order valence-corrected chi connectivity index (χ1v) is 9.63. The molecule has 4 aromatic rings. The fourth-order valence-electron chi connectivity index (χ4n) is 2.90. The lowest BCUT2D eigenvalue weighted by atomic mass is 10.1. The summed E-state index contributed by atoms with van der Waals surface area (Å²) in [4.78, 5) is 4.48. The van der Waals surface area contributed by atoms with E-state index in [-0.39, 0.29) is 6.61 Å². The molecule has 0 saturated carbocycles. The number of hydrogen-bond acceptors (Lipinski definition) is 7. The molecule has 0 amide bonds. The third-order valence-corrected chi connectivity index (χ3v) is 4.72. The van der Waals surface area contributed by atoms with E-state index in [4.69, 9.17) is 31.0 Å². The van der Waals surface area contributed by atoms with Crippen molar-refractivity contribution in [2.24, 2.45) is 5.73 Å². The molecule has 7 nitrogen and oxygen atoms in total. The quantitative estimate of drug-likeness (QED) is 0.456. The van der Waals surface area contributed by atoms with Crippen LogP contribution in [0.4, 0.5) is 0 Å². The molecule has 2 aromatic carbocycles. The van der Waals surface area contributed by atoms with Gasteiger partial charge in [0.2, 0.25) is 5.82 Å². The Morgan fingerprint density at radius 2 is 2.00 bits per heavy atom. The van der Waals surface area contributed by atoms with E-state index in [2.05, 4.69) is 10.1 Å². The number of hydrogen-bond donors (Lipinski definition) is 2. The Labute approximate surface area is 172 Å². The van der Waals surface area contributed by atoms with Crippen LogP contribution in [0.1, 0.15) is 25.1 Å². The summed E-state index contributed by atoms with van der Waals surface area (Å²) < 4.78 is 16.7. The molecular weight excluding hydrogens is 394 g/mol. The van der Waals surface area contributed by atoms with Crippen LogP contribution in [0.3, 0.4) is 0 Å². The van der Waals surface area contributed by atoms with Gasteiger partial charge in [0.25, 0.3) is 5.89 Å². The first-order valence-electron chi connectivity index (χ1n) is 9.25. The zero-order valence-electron chi connectivity index (χ0n) is 15.8. The molecule has 1 atom stereocenters. The molecule has 0 bridgehead atoms. The van der Waals surface area contributed by atoms with Crippen molar-refractivity contribution in [1.29, 1.82) is 0 Å². The van der Waals surface area contributed by atoms with Crippen LogP contribution < -0.4 is 10.5 Å². The second-order valence-electron chi connectivity index (χ2n) is 6.61. The average molecular weight is 414 g/mol. The van der Waals surface area contributed by atoms with Gasteiger partial charge in [0.05, 0.1) is 24.3 Å². The van der Waals surface area contributed by atoms with Gasteiger partial charge in [0, 0.05) is 16.5 Å². The lowest BCUT2D eigenvalue weighted by Gasteiger charge is -2.06. The molecule has 0 aliphatic rings. The standard InChI is InChI=1S/C21H20ClN3O4/c1-2-7-27-18-6-4-13(9-15(18)22)21-24-20(25-29-21)12-3-5-17-14(8-12)10-19(28-17)16(23)11-26/h3-6,8-10,16,26H,2,7,11,23H2,1H3. The number of aliphatic hydroxyl groups is 1. The number of nitrogens with two attached hydrogens (primary N) is 1. The fourth-order valence-corrected chi connectivity index (χ4v) is 3.13. The van der Waals surface area contributed by atoms with Gasteiger partial charge in [-0.25, -0.2) is 0 Å². The van der Waals surface area contributed by atoms with Gasteiger partial charge in [-0.2, -0.15) is 4.98 Å².